The van der Waals surface area contributed by atoms with E-state index in [4.69, 9.17) is 25.8 Å². The lowest BCUT2D eigenvalue weighted by Gasteiger charge is -2.04. The Hall–Kier alpha value is -2.07. The molecule has 0 fully saturated rings. The minimum absolute atomic E-state index is 0.153. The van der Waals surface area contributed by atoms with Crippen LogP contribution in [0.3, 0.4) is 0 Å². The Morgan fingerprint density at radius 3 is 2.47 bits per heavy atom. The highest BCUT2D eigenvalue weighted by molar-refractivity contribution is 5.64. The fourth-order valence-corrected chi connectivity index (χ4v) is 1.36. The number of benzene rings is 2. The molecule has 0 bridgehead atoms. The van der Waals surface area contributed by atoms with Crippen molar-refractivity contribution in [2.45, 2.75) is 32.3 Å². The summed E-state index contributed by atoms with van der Waals surface area (Å²) in [5, 5.41) is 8.92. The van der Waals surface area contributed by atoms with Crippen molar-refractivity contribution in [3.05, 3.63) is 59.6 Å². The highest BCUT2D eigenvalue weighted by Crippen LogP contribution is 2.20. The van der Waals surface area contributed by atoms with Gasteiger partial charge in [0, 0.05) is 15.1 Å². The van der Waals surface area contributed by atoms with E-state index in [0.29, 0.717) is 0 Å². The van der Waals surface area contributed by atoms with Crippen LogP contribution in [0.1, 0.15) is 57.7 Å². The van der Waals surface area contributed by atoms with Crippen LogP contribution in [0.2, 0.25) is 0 Å². The minimum atomic E-state index is -4.00. The Kier molecular flexibility index (Phi) is 1.41. The summed E-state index contributed by atoms with van der Waals surface area (Å²) in [5.41, 5.74) is -1.05. The van der Waals surface area contributed by atoms with Crippen LogP contribution < -0.4 is 0 Å². The molecule has 0 aliphatic rings. The number of rotatable bonds is 5. The largest absolute Gasteiger partial charge is 0.192 e. The predicted octanol–water partition coefficient (Wildman–Crippen LogP) is 4.96. The van der Waals surface area contributed by atoms with E-state index >= 15 is 0 Å². The zero-order chi connectivity index (χ0) is 26.7. The molecule has 0 radical (unpaired) electrons. The zero-order valence-electron chi connectivity index (χ0n) is 24.8. The average Bonchev–Trinajstić information content (AvgIpc) is 2.71. The smallest absolute Gasteiger partial charge is 0.0991 e. The highest BCUT2D eigenvalue weighted by Gasteiger charge is 1.99. The Morgan fingerprint density at radius 1 is 1.11 bits per heavy atom. The van der Waals surface area contributed by atoms with Gasteiger partial charge in [-0.05, 0) is 41.6 Å². The molecular formula is C18H19N. The first kappa shape index (κ1) is 3.96. The molecule has 0 spiro atoms. The third-order valence-corrected chi connectivity index (χ3v) is 2.24. The van der Waals surface area contributed by atoms with E-state index in [9.17, 15) is 0 Å². The SMILES string of the molecule is [2H]c1c([2H])c(C([2H])([2H])C([2H])([2H])C([2H])([2H])C([2H])([2H])C([2H])([2H])[2H])c([2H])c([2H])c1-c1ccc(C#N)cc1. The van der Waals surface area contributed by atoms with E-state index in [-0.39, 0.29) is 16.7 Å². The topological polar surface area (TPSA) is 23.8 Å². The summed E-state index contributed by atoms with van der Waals surface area (Å²) in [6.45, 7) is -3.69. The average molecular weight is 264 g/mol. The van der Waals surface area contributed by atoms with Gasteiger partial charge in [0.05, 0.1) is 17.1 Å². The van der Waals surface area contributed by atoms with Crippen molar-refractivity contribution >= 4 is 0 Å². The Labute approximate surface area is 136 Å². The maximum atomic E-state index is 8.92. The molecule has 1 heteroatoms. The summed E-state index contributed by atoms with van der Waals surface area (Å²) >= 11 is 0. The molecule has 19 heavy (non-hydrogen) atoms. The Balaban J connectivity index is 2.81. The fourth-order valence-electron chi connectivity index (χ4n) is 1.36. The van der Waals surface area contributed by atoms with E-state index < -0.39 is 62.1 Å². The number of hydrogen-bond donors (Lipinski definition) is 0. The maximum Gasteiger partial charge on any atom is 0.0991 e. The van der Waals surface area contributed by atoms with Crippen LogP contribution in [-0.4, -0.2) is 0 Å². The van der Waals surface area contributed by atoms with Gasteiger partial charge in [0.15, 0.2) is 0 Å². The highest BCUT2D eigenvalue weighted by atomic mass is 14.2. The van der Waals surface area contributed by atoms with Crippen LogP contribution in [0.4, 0.5) is 0 Å². The molecule has 0 N–H and O–H groups in total. The van der Waals surface area contributed by atoms with E-state index in [1.54, 1.807) is 0 Å². The van der Waals surface area contributed by atoms with Crippen LogP contribution in [0.25, 0.3) is 11.1 Å². The monoisotopic (exact) mass is 264 g/mol. The number of nitriles is 1. The summed E-state index contributed by atoms with van der Waals surface area (Å²) < 4.78 is 119. The van der Waals surface area contributed by atoms with Crippen LogP contribution in [0, 0.1) is 11.3 Å². The van der Waals surface area contributed by atoms with Crippen molar-refractivity contribution in [3.63, 3.8) is 0 Å². The van der Waals surface area contributed by atoms with Crippen molar-refractivity contribution < 1.29 is 20.6 Å². The molecule has 2 aromatic carbocycles. The molecule has 2 aromatic rings. The van der Waals surface area contributed by atoms with Gasteiger partial charge >= 0.3 is 0 Å². The molecule has 0 aliphatic carbocycles. The first-order chi connectivity index (χ1) is 15.2. The third-order valence-electron chi connectivity index (χ3n) is 2.24. The minimum Gasteiger partial charge on any atom is -0.192 e. The van der Waals surface area contributed by atoms with E-state index in [1.807, 2.05) is 6.07 Å². The van der Waals surface area contributed by atoms with Crippen molar-refractivity contribution in [2.24, 2.45) is 0 Å². The van der Waals surface area contributed by atoms with Crippen LogP contribution >= 0.6 is 0 Å². The lowest BCUT2D eigenvalue weighted by Crippen LogP contribution is -1.86. The first-order valence-corrected chi connectivity index (χ1v) is 5.29. The number of hydrogen-bond acceptors (Lipinski definition) is 1. The van der Waals surface area contributed by atoms with Gasteiger partial charge in [0.25, 0.3) is 0 Å². The second kappa shape index (κ2) is 6.75. The van der Waals surface area contributed by atoms with Gasteiger partial charge in [-0.2, -0.15) is 5.26 Å². The first-order valence-electron chi connectivity index (χ1n) is 12.8. The molecule has 2 rings (SSSR count). The van der Waals surface area contributed by atoms with E-state index in [0.717, 1.165) is 0 Å². The zero-order valence-corrected chi connectivity index (χ0v) is 9.76. The summed E-state index contributed by atoms with van der Waals surface area (Å²) in [7, 11) is 0. The molecule has 0 aliphatic heterocycles. The third kappa shape index (κ3) is 3.69. The molecular weight excluding hydrogens is 230 g/mol. The second-order valence-corrected chi connectivity index (χ2v) is 3.44. The summed E-state index contributed by atoms with van der Waals surface area (Å²) in [5.74, 6) is 0. The van der Waals surface area contributed by atoms with Gasteiger partial charge < -0.3 is 0 Å². The van der Waals surface area contributed by atoms with Gasteiger partial charge in [0.1, 0.15) is 0 Å². The molecule has 0 amide bonds. The lowest BCUT2D eigenvalue weighted by molar-refractivity contribution is 0.717. The van der Waals surface area contributed by atoms with E-state index in [2.05, 4.69) is 0 Å². The summed E-state index contributed by atoms with van der Waals surface area (Å²) in [4.78, 5) is 0. The maximum absolute atomic E-state index is 8.92. The van der Waals surface area contributed by atoms with Crippen LogP contribution in [-0.2, 0) is 6.37 Å². The van der Waals surface area contributed by atoms with E-state index in [1.165, 1.54) is 24.3 Å². The molecule has 0 heterocycles. The Morgan fingerprint density at radius 2 is 1.84 bits per heavy atom. The number of nitrogens with zero attached hydrogens (tertiary/aromatic N) is 1. The van der Waals surface area contributed by atoms with Crippen molar-refractivity contribution in [2.75, 3.05) is 0 Å². The van der Waals surface area contributed by atoms with Gasteiger partial charge in [-0.1, -0.05) is 55.9 Å². The molecule has 0 saturated heterocycles. The molecule has 0 unspecified atom stereocenters. The molecule has 0 saturated carbocycles. The molecule has 96 valence electrons. The fraction of sp³-hybridized carbons (Fsp3) is 0.278. The van der Waals surface area contributed by atoms with Gasteiger partial charge in [-0.15, -0.1) is 0 Å². The summed E-state index contributed by atoms with van der Waals surface area (Å²) in [6, 6.07) is 3.65. The second-order valence-electron chi connectivity index (χ2n) is 3.44. The van der Waals surface area contributed by atoms with Gasteiger partial charge in [-0.25, -0.2) is 0 Å². The van der Waals surface area contributed by atoms with Crippen LogP contribution in [0.5, 0.6) is 0 Å². The molecule has 0 atom stereocenters. The Bertz CT molecular complexity index is 1110. The van der Waals surface area contributed by atoms with Crippen molar-refractivity contribution in [3.8, 4) is 17.2 Å². The van der Waals surface area contributed by atoms with Crippen molar-refractivity contribution in [1.29, 1.82) is 5.26 Å². The molecule has 1 nitrogen and oxygen atoms in total. The van der Waals surface area contributed by atoms with Gasteiger partial charge in [-0.3, -0.25) is 0 Å². The molecule has 0 aromatic heterocycles. The van der Waals surface area contributed by atoms with Crippen molar-refractivity contribution in [1.82, 2.24) is 0 Å². The van der Waals surface area contributed by atoms with Gasteiger partial charge in [0.2, 0.25) is 0 Å². The lowest BCUT2D eigenvalue weighted by atomic mass is 10.0. The summed E-state index contributed by atoms with van der Waals surface area (Å²) in [6.07, 6.45) is -15.5. The normalized spacial score (nSPS) is 25.3. The van der Waals surface area contributed by atoms with Crippen LogP contribution in [0.15, 0.2) is 48.4 Å². The quantitative estimate of drug-likeness (QED) is 0.749. The predicted molar refractivity (Wildman–Crippen MR) is 79.8 cm³/mol. The standard InChI is InChI=1S/C18H19N/c1-2-3-4-5-15-6-10-17(11-7-15)18-12-8-16(14-19)9-13-18/h6-13H,2-5H2,1H3/i1D3,2D2,3D2,4D2,5D2,6D,7D,10D,11D.